The molecule has 0 unspecified atom stereocenters. The summed E-state index contributed by atoms with van der Waals surface area (Å²) in [7, 11) is 0. The third-order valence-electron chi connectivity index (χ3n) is 4.90. The van der Waals surface area contributed by atoms with Crippen LogP contribution < -0.4 is 5.73 Å². The van der Waals surface area contributed by atoms with Gasteiger partial charge in [-0.1, -0.05) is 29.3 Å². The first kappa shape index (κ1) is 18.0. The van der Waals surface area contributed by atoms with E-state index in [1.54, 1.807) is 32.0 Å². The van der Waals surface area contributed by atoms with Crippen molar-refractivity contribution in [2.75, 3.05) is 13.2 Å². The van der Waals surface area contributed by atoms with E-state index in [9.17, 15) is 10.5 Å². The smallest absolute Gasteiger partial charge is 0.293 e. The number of nitriles is 2. The molecule has 2 N–H and O–H groups in total. The van der Waals surface area contributed by atoms with Crippen LogP contribution in [-0.4, -0.2) is 25.0 Å². The molecule has 3 rings (SSSR count). The minimum Gasteiger partial charge on any atom is -0.386 e. The number of ether oxygens (including phenoxy) is 2. The molecule has 1 aliphatic heterocycles. The zero-order chi connectivity index (χ0) is 18.5. The van der Waals surface area contributed by atoms with Gasteiger partial charge in [0.05, 0.1) is 12.1 Å². The van der Waals surface area contributed by atoms with Gasteiger partial charge in [0, 0.05) is 29.2 Å². The van der Waals surface area contributed by atoms with Crippen molar-refractivity contribution in [1.82, 2.24) is 0 Å². The minimum absolute atomic E-state index is 0.000522. The van der Waals surface area contributed by atoms with Crippen molar-refractivity contribution < 1.29 is 9.47 Å². The second-order valence-corrected chi connectivity index (χ2v) is 6.67. The van der Waals surface area contributed by atoms with Gasteiger partial charge in [-0.3, -0.25) is 0 Å². The summed E-state index contributed by atoms with van der Waals surface area (Å²) in [6.45, 7) is 3.96. The molecule has 130 valence electrons. The SMILES string of the molecule is CCOC1(OCC)N=C(N)[C@@]2(C#N)[C@@H](c3c(Cl)cccc3Cl)[C@@]12C#N. The number of benzene rings is 1. The van der Waals surface area contributed by atoms with Crippen molar-refractivity contribution in [3.05, 3.63) is 33.8 Å². The quantitative estimate of drug-likeness (QED) is 0.791. The lowest BCUT2D eigenvalue weighted by atomic mass is 9.93. The molecule has 0 radical (unpaired) electrons. The molecule has 1 saturated carbocycles. The maximum atomic E-state index is 10.1. The Labute approximate surface area is 155 Å². The van der Waals surface area contributed by atoms with E-state index in [1.807, 2.05) is 0 Å². The molecule has 1 aromatic carbocycles. The van der Waals surface area contributed by atoms with E-state index < -0.39 is 22.7 Å². The third kappa shape index (κ3) is 1.89. The van der Waals surface area contributed by atoms with Gasteiger partial charge in [-0.25, -0.2) is 4.99 Å². The number of hydrogen-bond donors (Lipinski definition) is 1. The molecular formula is C17H16Cl2N4O2. The first-order chi connectivity index (χ1) is 11.9. The normalized spacial score (nSPS) is 31.6. The number of hydrogen-bond acceptors (Lipinski definition) is 6. The number of nitrogens with zero attached hydrogens (tertiary/aromatic N) is 3. The van der Waals surface area contributed by atoms with Gasteiger partial charge in [-0.15, -0.1) is 0 Å². The first-order valence-corrected chi connectivity index (χ1v) is 8.58. The zero-order valence-corrected chi connectivity index (χ0v) is 15.2. The maximum Gasteiger partial charge on any atom is 0.293 e. The van der Waals surface area contributed by atoms with Gasteiger partial charge >= 0.3 is 0 Å². The molecule has 0 saturated heterocycles. The van der Waals surface area contributed by atoms with Gasteiger partial charge in [0.15, 0.2) is 5.41 Å². The summed E-state index contributed by atoms with van der Waals surface area (Å²) in [5.41, 5.74) is 3.74. The van der Waals surface area contributed by atoms with E-state index in [1.165, 1.54) is 0 Å². The molecule has 0 spiro atoms. The lowest BCUT2D eigenvalue weighted by molar-refractivity contribution is -0.255. The van der Waals surface area contributed by atoms with Crippen molar-refractivity contribution in [3.63, 3.8) is 0 Å². The van der Waals surface area contributed by atoms with Crippen LogP contribution in [0.4, 0.5) is 0 Å². The lowest BCUT2D eigenvalue weighted by Gasteiger charge is -2.31. The van der Waals surface area contributed by atoms with E-state index >= 15 is 0 Å². The second-order valence-electron chi connectivity index (χ2n) is 5.85. The average Bonchev–Trinajstić information content (AvgIpc) is 3.13. The molecule has 1 aliphatic carbocycles. The lowest BCUT2D eigenvalue weighted by Crippen LogP contribution is -2.43. The number of nitrogens with two attached hydrogens (primary N) is 1. The molecule has 0 amide bonds. The van der Waals surface area contributed by atoms with Gasteiger partial charge in [-0.05, 0) is 31.5 Å². The average molecular weight is 379 g/mol. The molecule has 0 aromatic heterocycles. The number of halogens is 2. The molecule has 6 nitrogen and oxygen atoms in total. The Balaban J connectivity index is 2.29. The highest BCUT2D eigenvalue weighted by Crippen LogP contribution is 2.82. The number of fused-ring (bicyclic) bond motifs is 1. The van der Waals surface area contributed by atoms with Crippen LogP contribution in [0.25, 0.3) is 0 Å². The van der Waals surface area contributed by atoms with Crippen LogP contribution in [-0.2, 0) is 9.47 Å². The van der Waals surface area contributed by atoms with Crippen LogP contribution in [0.3, 0.4) is 0 Å². The van der Waals surface area contributed by atoms with Crippen molar-refractivity contribution in [3.8, 4) is 12.1 Å². The molecule has 0 bridgehead atoms. The summed E-state index contributed by atoms with van der Waals surface area (Å²) in [6.07, 6.45) is 0. The van der Waals surface area contributed by atoms with Crippen LogP contribution in [0.5, 0.6) is 0 Å². The Morgan fingerprint density at radius 3 is 2.16 bits per heavy atom. The molecule has 1 heterocycles. The standard InChI is InChI=1S/C17H16Cl2N4O2/c1-3-24-17(25-4-2)16(9-21)13(15(16,8-20)14(22)23-17)12-10(18)6-5-7-11(12)19/h5-7,13H,3-4H2,1-2H3,(H2,22,23)/t13-,15-,16-/m1/s1. The summed E-state index contributed by atoms with van der Waals surface area (Å²) in [4.78, 5) is 4.27. The highest BCUT2D eigenvalue weighted by molar-refractivity contribution is 6.36. The van der Waals surface area contributed by atoms with E-state index in [4.69, 9.17) is 38.4 Å². The van der Waals surface area contributed by atoms with Crippen molar-refractivity contribution in [2.45, 2.75) is 25.7 Å². The Kier molecular flexibility index (Phi) is 4.21. The number of rotatable bonds is 5. The third-order valence-corrected chi connectivity index (χ3v) is 5.55. The molecule has 1 aromatic rings. The summed E-state index contributed by atoms with van der Waals surface area (Å²) < 4.78 is 11.5. The first-order valence-electron chi connectivity index (χ1n) is 7.82. The molecule has 25 heavy (non-hydrogen) atoms. The van der Waals surface area contributed by atoms with Crippen LogP contribution >= 0.6 is 23.2 Å². The Bertz CT molecular complexity index is 818. The summed E-state index contributed by atoms with van der Waals surface area (Å²) >= 11 is 12.7. The van der Waals surface area contributed by atoms with E-state index in [0.29, 0.717) is 15.6 Å². The van der Waals surface area contributed by atoms with Crippen LogP contribution in [0, 0.1) is 33.5 Å². The van der Waals surface area contributed by atoms with Crippen molar-refractivity contribution >= 4 is 29.0 Å². The van der Waals surface area contributed by atoms with E-state index in [2.05, 4.69) is 17.1 Å². The fourth-order valence-corrected chi connectivity index (χ4v) is 4.58. The van der Waals surface area contributed by atoms with Crippen LogP contribution in [0.1, 0.15) is 25.3 Å². The molecule has 1 fully saturated rings. The van der Waals surface area contributed by atoms with Crippen LogP contribution in [0.15, 0.2) is 23.2 Å². The summed E-state index contributed by atoms with van der Waals surface area (Å²) in [6, 6.07) is 9.40. The van der Waals surface area contributed by atoms with Crippen molar-refractivity contribution in [2.24, 2.45) is 21.6 Å². The largest absolute Gasteiger partial charge is 0.386 e. The van der Waals surface area contributed by atoms with Gasteiger partial charge in [-0.2, -0.15) is 10.5 Å². The van der Waals surface area contributed by atoms with E-state index in [0.717, 1.165) is 0 Å². The highest BCUT2D eigenvalue weighted by atomic mass is 35.5. The topological polar surface area (TPSA) is 104 Å². The Hall–Kier alpha value is -1.83. The zero-order valence-electron chi connectivity index (χ0n) is 13.7. The molecule has 8 heteroatoms. The molecule has 2 aliphatic rings. The maximum absolute atomic E-state index is 10.1. The van der Waals surface area contributed by atoms with Crippen molar-refractivity contribution in [1.29, 1.82) is 10.5 Å². The summed E-state index contributed by atoms with van der Waals surface area (Å²) in [5.74, 6) is -2.37. The van der Waals surface area contributed by atoms with Crippen LogP contribution in [0.2, 0.25) is 10.0 Å². The predicted octanol–water partition coefficient (Wildman–Crippen LogP) is 3.21. The highest BCUT2D eigenvalue weighted by Gasteiger charge is 2.94. The number of amidine groups is 1. The molecule has 3 atom stereocenters. The van der Waals surface area contributed by atoms with Gasteiger partial charge in [0.2, 0.25) is 0 Å². The fraction of sp³-hybridized carbons (Fsp3) is 0.471. The van der Waals surface area contributed by atoms with Gasteiger partial charge < -0.3 is 15.2 Å². The predicted molar refractivity (Wildman–Crippen MR) is 92.9 cm³/mol. The summed E-state index contributed by atoms with van der Waals surface area (Å²) in [5, 5.41) is 20.8. The Morgan fingerprint density at radius 2 is 1.72 bits per heavy atom. The van der Waals surface area contributed by atoms with Gasteiger partial charge in [0.1, 0.15) is 11.3 Å². The van der Waals surface area contributed by atoms with E-state index in [-0.39, 0.29) is 19.0 Å². The molecular weight excluding hydrogens is 363 g/mol. The minimum atomic E-state index is -1.67. The fourth-order valence-electron chi connectivity index (χ4n) is 3.97. The monoisotopic (exact) mass is 378 g/mol. The number of aliphatic imine (C=N–C) groups is 1. The second kappa shape index (κ2) is 5.86. The Morgan fingerprint density at radius 1 is 1.16 bits per heavy atom. The van der Waals surface area contributed by atoms with Gasteiger partial charge in [0.25, 0.3) is 5.91 Å².